The molecule has 0 saturated carbocycles. The van der Waals surface area contributed by atoms with Gasteiger partial charge >= 0.3 is 0 Å². The summed E-state index contributed by atoms with van der Waals surface area (Å²) in [7, 11) is -3.49. The molecule has 116 valence electrons. The van der Waals surface area contributed by atoms with E-state index in [2.05, 4.69) is 0 Å². The summed E-state index contributed by atoms with van der Waals surface area (Å²) in [6, 6.07) is 14.3. The van der Waals surface area contributed by atoms with E-state index in [-0.39, 0.29) is 6.04 Å². The lowest BCUT2D eigenvalue weighted by molar-refractivity contribution is 0.397. The van der Waals surface area contributed by atoms with Gasteiger partial charge in [0.1, 0.15) is 0 Å². The van der Waals surface area contributed by atoms with Crippen LogP contribution in [0.5, 0.6) is 0 Å². The maximum absolute atomic E-state index is 12.9. The van der Waals surface area contributed by atoms with Gasteiger partial charge in [-0.25, -0.2) is 8.42 Å². The first-order valence-electron chi connectivity index (χ1n) is 7.33. The summed E-state index contributed by atoms with van der Waals surface area (Å²) in [6.45, 7) is 2.48. The largest absolute Gasteiger partial charge is 0.243 e. The Hall–Kier alpha value is -1.36. The highest BCUT2D eigenvalue weighted by atomic mass is 35.5. The van der Waals surface area contributed by atoms with Crippen LogP contribution in [-0.2, 0) is 10.0 Å². The molecule has 0 N–H and O–H groups in total. The zero-order valence-corrected chi connectivity index (χ0v) is 13.9. The molecule has 5 heteroatoms. The lowest BCUT2D eigenvalue weighted by Crippen LogP contribution is -2.30. The maximum atomic E-state index is 12.9. The Balaban J connectivity index is 1.99. The van der Waals surface area contributed by atoms with Crippen LogP contribution < -0.4 is 0 Å². The van der Waals surface area contributed by atoms with Crippen molar-refractivity contribution in [3.8, 4) is 0 Å². The normalized spacial score (nSPS) is 19.5. The summed E-state index contributed by atoms with van der Waals surface area (Å²) in [4.78, 5) is 0.344. The van der Waals surface area contributed by atoms with Crippen molar-refractivity contribution in [2.45, 2.75) is 30.7 Å². The minimum absolute atomic E-state index is 0.181. The molecule has 0 unspecified atom stereocenters. The highest BCUT2D eigenvalue weighted by Crippen LogP contribution is 2.39. The van der Waals surface area contributed by atoms with Crippen LogP contribution >= 0.6 is 11.6 Å². The van der Waals surface area contributed by atoms with Crippen molar-refractivity contribution < 1.29 is 8.42 Å². The van der Waals surface area contributed by atoms with Crippen LogP contribution in [0.1, 0.15) is 30.0 Å². The topological polar surface area (TPSA) is 37.4 Å². The molecule has 1 fully saturated rings. The molecule has 2 aromatic rings. The van der Waals surface area contributed by atoms with E-state index in [9.17, 15) is 8.42 Å². The van der Waals surface area contributed by atoms with E-state index >= 15 is 0 Å². The van der Waals surface area contributed by atoms with Crippen molar-refractivity contribution >= 4 is 21.6 Å². The van der Waals surface area contributed by atoms with Crippen LogP contribution in [0.3, 0.4) is 0 Å². The van der Waals surface area contributed by atoms with Gasteiger partial charge in [-0.15, -0.1) is 0 Å². The average Bonchev–Trinajstić information content (AvgIpc) is 2.98. The van der Waals surface area contributed by atoms with E-state index in [4.69, 9.17) is 11.6 Å². The van der Waals surface area contributed by atoms with Crippen LogP contribution in [-0.4, -0.2) is 19.3 Å². The number of halogens is 1. The van der Waals surface area contributed by atoms with Gasteiger partial charge in [-0.3, -0.25) is 0 Å². The molecule has 1 aliphatic heterocycles. The second-order valence-electron chi connectivity index (χ2n) is 5.61. The van der Waals surface area contributed by atoms with Crippen molar-refractivity contribution in [2.75, 3.05) is 6.54 Å². The third-order valence-corrected chi connectivity index (χ3v) is 6.36. The number of aryl methyl sites for hydroxylation is 1. The molecular formula is C17H18ClNO2S. The molecule has 0 spiro atoms. The van der Waals surface area contributed by atoms with E-state index in [1.807, 2.05) is 43.3 Å². The predicted octanol–water partition coefficient (Wildman–Crippen LogP) is 4.17. The van der Waals surface area contributed by atoms with Gasteiger partial charge in [0, 0.05) is 11.6 Å². The fourth-order valence-electron chi connectivity index (χ4n) is 2.93. The monoisotopic (exact) mass is 335 g/mol. The van der Waals surface area contributed by atoms with E-state index in [1.165, 1.54) is 0 Å². The molecule has 0 aliphatic carbocycles. The first-order chi connectivity index (χ1) is 10.5. The molecule has 3 rings (SSSR count). The summed E-state index contributed by atoms with van der Waals surface area (Å²) in [5.41, 5.74) is 1.93. The number of hydrogen-bond acceptors (Lipinski definition) is 2. The quantitative estimate of drug-likeness (QED) is 0.844. The van der Waals surface area contributed by atoms with Gasteiger partial charge in [0.15, 0.2) is 0 Å². The Labute approximate surface area is 136 Å². The van der Waals surface area contributed by atoms with Crippen molar-refractivity contribution in [3.05, 3.63) is 64.7 Å². The van der Waals surface area contributed by atoms with Gasteiger partial charge in [0.25, 0.3) is 0 Å². The van der Waals surface area contributed by atoms with E-state index in [1.54, 1.807) is 16.4 Å². The zero-order valence-electron chi connectivity index (χ0n) is 12.4. The fraction of sp³-hybridized carbons (Fsp3) is 0.294. The van der Waals surface area contributed by atoms with Gasteiger partial charge < -0.3 is 0 Å². The Morgan fingerprint density at radius 1 is 1.09 bits per heavy atom. The number of nitrogens with zero attached hydrogens (tertiary/aromatic N) is 1. The Kier molecular flexibility index (Phi) is 4.26. The summed E-state index contributed by atoms with van der Waals surface area (Å²) < 4.78 is 27.4. The number of hydrogen-bond donors (Lipinski definition) is 0. The van der Waals surface area contributed by atoms with E-state index in [0.29, 0.717) is 16.5 Å². The summed E-state index contributed by atoms with van der Waals surface area (Å²) in [5, 5.41) is 0.624. The van der Waals surface area contributed by atoms with Crippen molar-refractivity contribution in [1.82, 2.24) is 4.31 Å². The summed E-state index contributed by atoms with van der Waals surface area (Å²) in [5.74, 6) is 0. The Morgan fingerprint density at radius 2 is 1.77 bits per heavy atom. The van der Waals surface area contributed by atoms with Gasteiger partial charge in [-0.1, -0.05) is 47.5 Å². The molecule has 1 heterocycles. The maximum Gasteiger partial charge on any atom is 0.243 e. The second-order valence-corrected chi connectivity index (χ2v) is 7.91. The van der Waals surface area contributed by atoms with Crippen LogP contribution in [0.4, 0.5) is 0 Å². The fourth-order valence-corrected chi connectivity index (χ4v) is 4.87. The lowest BCUT2D eigenvalue weighted by atomic mass is 10.1. The minimum atomic E-state index is -3.49. The summed E-state index contributed by atoms with van der Waals surface area (Å²) >= 11 is 6.26. The molecule has 1 aliphatic rings. The predicted molar refractivity (Wildman–Crippen MR) is 88.5 cm³/mol. The van der Waals surface area contributed by atoms with Gasteiger partial charge in [0.05, 0.1) is 10.9 Å². The molecule has 0 radical (unpaired) electrons. The van der Waals surface area contributed by atoms with Gasteiger partial charge in [0.2, 0.25) is 10.0 Å². The highest BCUT2D eigenvalue weighted by molar-refractivity contribution is 7.89. The molecule has 22 heavy (non-hydrogen) atoms. The number of rotatable bonds is 3. The standard InChI is InChI=1S/C17H18ClNO2S/c1-13-8-10-14(11-9-13)22(20,21)19-12-4-7-17(19)15-5-2-3-6-16(15)18/h2-3,5-6,8-11,17H,4,7,12H2,1H3/t17-/m0/s1. The van der Waals surface area contributed by atoms with Crippen LogP contribution in [0.25, 0.3) is 0 Å². The van der Waals surface area contributed by atoms with Crippen LogP contribution in [0, 0.1) is 6.92 Å². The average molecular weight is 336 g/mol. The first kappa shape index (κ1) is 15.5. The first-order valence-corrected chi connectivity index (χ1v) is 9.15. The molecule has 0 amide bonds. The zero-order chi connectivity index (χ0) is 15.7. The SMILES string of the molecule is Cc1ccc(S(=O)(=O)N2CCC[C@H]2c2ccccc2Cl)cc1. The minimum Gasteiger partial charge on any atom is -0.207 e. The van der Waals surface area contributed by atoms with Crippen molar-refractivity contribution in [1.29, 1.82) is 0 Å². The third-order valence-electron chi connectivity index (χ3n) is 4.10. The van der Waals surface area contributed by atoms with Crippen molar-refractivity contribution in [2.24, 2.45) is 0 Å². The summed E-state index contributed by atoms with van der Waals surface area (Å²) in [6.07, 6.45) is 1.65. The Bertz CT molecular complexity index is 772. The highest BCUT2D eigenvalue weighted by Gasteiger charge is 2.36. The van der Waals surface area contributed by atoms with Crippen LogP contribution in [0.15, 0.2) is 53.4 Å². The van der Waals surface area contributed by atoms with Gasteiger partial charge in [-0.2, -0.15) is 4.31 Å². The second kappa shape index (κ2) is 6.03. The molecule has 1 atom stereocenters. The third kappa shape index (κ3) is 2.78. The molecule has 0 bridgehead atoms. The van der Waals surface area contributed by atoms with Crippen molar-refractivity contribution in [3.63, 3.8) is 0 Å². The Morgan fingerprint density at radius 3 is 2.45 bits per heavy atom. The van der Waals surface area contributed by atoms with E-state index < -0.39 is 10.0 Å². The van der Waals surface area contributed by atoms with Gasteiger partial charge in [-0.05, 0) is 43.5 Å². The van der Waals surface area contributed by atoms with Crippen LogP contribution in [0.2, 0.25) is 5.02 Å². The molecule has 0 aromatic heterocycles. The lowest BCUT2D eigenvalue weighted by Gasteiger charge is -2.25. The molecular weight excluding hydrogens is 318 g/mol. The van der Waals surface area contributed by atoms with E-state index in [0.717, 1.165) is 24.0 Å². The molecule has 1 saturated heterocycles. The number of sulfonamides is 1. The molecule has 2 aromatic carbocycles. The smallest absolute Gasteiger partial charge is 0.207 e. The molecule has 3 nitrogen and oxygen atoms in total. The number of benzene rings is 2.